The van der Waals surface area contributed by atoms with Gasteiger partial charge in [-0.3, -0.25) is 0 Å². The van der Waals surface area contributed by atoms with E-state index >= 15 is 0 Å². The van der Waals surface area contributed by atoms with E-state index in [0.717, 1.165) is 6.42 Å². The molecule has 0 rings (SSSR count). The van der Waals surface area contributed by atoms with E-state index in [2.05, 4.69) is 26.1 Å². The molecule has 1 N–H and O–H groups in total. The number of unbranched alkanes of at least 4 members (excludes halogenated alkanes) is 2. The van der Waals surface area contributed by atoms with Crippen LogP contribution in [0.5, 0.6) is 0 Å². The van der Waals surface area contributed by atoms with Crippen LogP contribution in [0.15, 0.2) is 0 Å². The lowest BCUT2D eigenvalue weighted by Gasteiger charge is -2.35. The molecule has 0 saturated heterocycles. The zero-order valence-corrected chi connectivity index (χ0v) is 10.5. The van der Waals surface area contributed by atoms with Gasteiger partial charge in [-0.1, -0.05) is 33.1 Å². The van der Waals surface area contributed by atoms with Crippen LogP contribution >= 0.6 is 0 Å². The molecule has 0 fully saturated rings. The summed E-state index contributed by atoms with van der Waals surface area (Å²) in [5, 5.41) is 3.38. The fourth-order valence-electron chi connectivity index (χ4n) is 1.89. The Bertz CT molecular complexity index is 132. The second-order valence-corrected chi connectivity index (χ2v) is 4.21. The Hall–Kier alpha value is -0.0800. The Morgan fingerprint density at radius 2 is 1.93 bits per heavy atom. The summed E-state index contributed by atoms with van der Waals surface area (Å²) in [6.07, 6.45) is 6.17. The summed E-state index contributed by atoms with van der Waals surface area (Å²) in [6.45, 7) is 6.62. The molecule has 2 nitrogen and oxygen atoms in total. The van der Waals surface area contributed by atoms with E-state index in [9.17, 15) is 0 Å². The quantitative estimate of drug-likeness (QED) is 0.610. The third-order valence-corrected chi connectivity index (χ3v) is 3.35. The molecular formula is C12H27NO. The van der Waals surface area contributed by atoms with Gasteiger partial charge in [-0.25, -0.2) is 0 Å². The molecule has 0 radical (unpaired) electrons. The molecule has 0 saturated carbocycles. The van der Waals surface area contributed by atoms with Crippen LogP contribution in [0.3, 0.4) is 0 Å². The summed E-state index contributed by atoms with van der Waals surface area (Å²) >= 11 is 0. The highest BCUT2D eigenvalue weighted by atomic mass is 16.5. The number of ether oxygens (including phenoxy) is 1. The molecule has 0 aliphatic rings. The van der Waals surface area contributed by atoms with Crippen molar-refractivity contribution < 1.29 is 4.74 Å². The standard InChI is InChI=1S/C12H27NO/c1-6-8-9-10-11(13-4)12(3,7-2)14-5/h11,13H,6-10H2,1-5H3. The maximum atomic E-state index is 5.61. The zero-order valence-electron chi connectivity index (χ0n) is 10.5. The topological polar surface area (TPSA) is 21.3 Å². The molecule has 14 heavy (non-hydrogen) atoms. The zero-order chi connectivity index (χ0) is 11.0. The maximum absolute atomic E-state index is 5.61. The molecule has 0 heterocycles. The van der Waals surface area contributed by atoms with E-state index in [1.54, 1.807) is 0 Å². The van der Waals surface area contributed by atoms with Gasteiger partial charge in [0.05, 0.1) is 5.60 Å². The van der Waals surface area contributed by atoms with Crippen LogP contribution in [0.2, 0.25) is 0 Å². The number of nitrogens with one attached hydrogen (secondary N) is 1. The minimum Gasteiger partial charge on any atom is -0.377 e. The first-order valence-electron chi connectivity index (χ1n) is 5.87. The van der Waals surface area contributed by atoms with Crippen LogP contribution in [0, 0.1) is 0 Å². The smallest absolute Gasteiger partial charge is 0.0800 e. The summed E-state index contributed by atoms with van der Waals surface area (Å²) in [4.78, 5) is 0. The van der Waals surface area contributed by atoms with E-state index in [1.165, 1.54) is 25.7 Å². The second-order valence-electron chi connectivity index (χ2n) is 4.21. The Labute approximate surface area is 89.4 Å². The van der Waals surface area contributed by atoms with Gasteiger partial charge in [-0.15, -0.1) is 0 Å². The van der Waals surface area contributed by atoms with Gasteiger partial charge < -0.3 is 10.1 Å². The predicted octanol–water partition coefficient (Wildman–Crippen LogP) is 2.97. The minimum atomic E-state index is -0.0114. The van der Waals surface area contributed by atoms with Gasteiger partial charge in [-0.2, -0.15) is 0 Å². The first-order chi connectivity index (χ1) is 6.64. The summed E-state index contributed by atoms with van der Waals surface area (Å²) < 4.78 is 5.61. The van der Waals surface area contributed by atoms with Crippen molar-refractivity contribution in [1.82, 2.24) is 5.32 Å². The number of hydrogen-bond donors (Lipinski definition) is 1. The van der Waals surface area contributed by atoms with E-state index in [4.69, 9.17) is 4.74 Å². The predicted molar refractivity (Wildman–Crippen MR) is 62.7 cm³/mol. The van der Waals surface area contributed by atoms with E-state index in [1.807, 2.05) is 14.2 Å². The monoisotopic (exact) mass is 201 g/mol. The summed E-state index contributed by atoms with van der Waals surface area (Å²) in [5.41, 5.74) is -0.0114. The van der Waals surface area contributed by atoms with Crippen LogP contribution in [-0.4, -0.2) is 25.8 Å². The van der Waals surface area contributed by atoms with Crippen molar-refractivity contribution in [3.63, 3.8) is 0 Å². The highest BCUT2D eigenvalue weighted by molar-refractivity contribution is 4.87. The van der Waals surface area contributed by atoms with Gasteiger partial charge in [0.15, 0.2) is 0 Å². The fraction of sp³-hybridized carbons (Fsp3) is 1.00. The van der Waals surface area contributed by atoms with Gasteiger partial charge >= 0.3 is 0 Å². The van der Waals surface area contributed by atoms with Crippen LogP contribution in [0.4, 0.5) is 0 Å². The van der Waals surface area contributed by atoms with Crippen LogP contribution in [-0.2, 0) is 4.74 Å². The molecule has 2 heteroatoms. The fourth-order valence-corrected chi connectivity index (χ4v) is 1.89. The van der Waals surface area contributed by atoms with Gasteiger partial charge in [0.2, 0.25) is 0 Å². The summed E-state index contributed by atoms with van der Waals surface area (Å²) in [5.74, 6) is 0. The third-order valence-electron chi connectivity index (χ3n) is 3.35. The van der Waals surface area contributed by atoms with Crippen molar-refractivity contribution in [2.45, 2.75) is 64.5 Å². The van der Waals surface area contributed by atoms with Crippen LogP contribution in [0.1, 0.15) is 52.9 Å². The lowest BCUT2D eigenvalue weighted by molar-refractivity contribution is -0.0296. The molecule has 0 aliphatic heterocycles. The molecule has 0 amide bonds. The first kappa shape index (κ1) is 13.9. The largest absolute Gasteiger partial charge is 0.377 e. The van der Waals surface area contributed by atoms with E-state index < -0.39 is 0 Å². The molecule has 86 valence electrons. The molecule has 2 unspecified atom stereocenters. The highest BCUT2D eigenvalue weighted by Crippen LogP contribution is 2.22. The normalized spacial score (nSPS) is 17.8. The van der Waals surface area contributed by atoms with Crippen LogP contribution < -0.4 is 5.32 Å². The Balaban J connectivity index is 4.08. The Morgan fingerprint density at radius 1 is 1.29 bits per heavy atom. The SMILES string of the molecule is CCCCCC(NC)C(C)(CC)OC. The van der Waals surface area contributed by atoms with Gasteiger partial charge in [0.1, 0.15) is 0 Å². The van der Waals surface area contributed by atoms with E-state index in [-0.39, 0.29) is 5.60 Å². The van der Waals surface area contributed by atoms with Gasteiger partial charge in [0, 0.05) is 13.2 Å². The van der Waals surface area contributed by atoms with Crippen molar-refractivity contribution in [2.24, 2.45) is 0 Å². The third kappa shape index (κ3) is 3.97. The minimum absolute atomic E-state index is 0.0114. The molecule has 2 atom stereocenters. The van der Waals surface area contributed by atoms with E-state index in [0.29, 0.717) is 6.04 Å². The first-order valence-corrected chi connectivity index (χ1v) is 5.87. The second kappa shape index (κ2) is 7.24. The molecule has 0 aliphatic carbocycles. The highest BCUT2D eigenvalue weighted by Gasteiger charge is 2.30. The molecule has 0 aromatic carbocycles. The van der Waals surface area contributed by atoms with Crippen molar-refractivity contribution in [2.75, 3.05) is 14.2 Å². The molecule has 0 aromatic heterocycles. The molecule has 0 bridgehead atoms. The molecule has 0 aromatic rings. The lowest BCUT2D eigenvalue weighted by Crippen LogP contribution is -2.48. The van der Waals surface area contributed by atoms with Gasteiger partial charge in [0.25, 0.3) is 0 Å². The number of rotatable bonds is 8. The average Bonchev–Trinajstić information content (AvgIpc) is 2.23. The van der Waals surface area contributed by atoms with Gasteiger partial charge in [-0.05, 0) is 26.8 Å². The lowest BCUT2D eigenvalue weighted by atomic mass is 9.89. The van der Waals surface area contributed by atoms with Crippen molar-refractivity contribution in [3.8, 4) is 0 Å². The van der Waals surface area contributed by atoms with Crippen molar-refractivity contribution in [1.29, 1.82) is 0 Å². The average molecular weight is 201 g/mol. The number of likely N-dealkylation sites (N-methyl/N-ethyl adjacent to an activating group) is 1. The Kier molecular flexibility index (Phi) is 7.20. The van der Waals surface area contributed by atoms with Crippen molar-refractivity contribution in [3.05, 3.63) is 0 Å². The molecule has 0 spiro atoms. The summed E-state index contributed by atoms with van der Waals surface area (Å²) in [6, 6.07) is 0.476. The molecular weight excluding hydrogens is 174 g/mol. The maximum Gasteiger partial charge on any atom is 0.0800 e. The summed E-state index contributed by atoms with van der Waals surface area (Å²) in [7, 11) is 3.84. The van der Waals surface area contributed by atoms with Crippen LogP contribution in [0.25, 0.3) is 0 Å². The number of methoxy groups -OCH3 is 1. The Morgan fingerprint density at radius 3 is 2.29 bits per heavy atom. The number of hydrogen-bond acceptors (Lipinski definition) is 2. The van der Waals surface area contributed by atoms with Crippen molar-refractivity contribution >= 4 is 0 Å².